The number of allylic oxidation sites excluding steroid dienone is 1. The second kappa shape index (κ2) is 10.3. The van der Waals surface area contributed by atoms with E-state index in [2.05, 4.69) is 38.7 Å². The van der Waals surface area contributed by atoms with Crippen LogP contribution in [0.5, 0.6) is 17.2 Å². The van der Waals surface area contributed by atoms with Crippen LogP contribution < -0.4 is 24.8 Å². The van der Waals surface area contributed by atoms with Gasteiger partial charge in [-0.1, -0.05) is 40.2 Å². The maximum Gasteiger partial charge on any atom is 0.163 e. The molecule has 7 heteroatoms. The van der Waals surface area contributed by atoms with Crippen molar-refractivity contribution < 1.29 is 19.0 Å². The molecule has 3 aromatic rings. The number of rotatable bonds is 6. The predicted octanol–water partition coefficient (Wildman–Crippen LogP) is 6.84. The van der Waals surface area contributed by atoms with Crippen LogP contribution in [0.2, 0.25) is 0 Å². The first-order valence-electron chi connectivity index (χ1n) is 12.0. The summed E-state index contributed by atoms with van der Waals surface area (Å²) in [6, 6.07) is 19.6. The number of carbonyl (C=O) groups excluding carboxylic acids is 1. The third kappa shape index (κ3) is 4.55. The average Bonchev–Trinajstić information content (AvgIpc) is 3.06. The molecule has 36 heavy (non-hydrogen) atoms. The highest BCUT2D eigenvalue weighted by atomic mass is 79.9. The average molecular weight is 549 g/mol. The van der Waals surface area contributed by atoms with Crippen molar-refractivity contribution in [2.45, 2.75) is 31.7 Å². The quantitative estimate of drug-likeness (QED) is 0.351. The van der Waals surface area contributed by atoms with Crippen LogP contribution in [0.1, 0.15) is 42.9 Å². The first kappa shape index (κ1) is 24.3. The first-order chi connectivity index (χ1) is 17.5. The maximum absolute atomic E-state index is 13.8. The third-order valence-electron chi connectivity index (χ3n) is 6.79. The number of methoxy groups -OCH3 is 2. The Kier molecular flexibility index (Phi) is 6.92. The lowest BCUT2D eigenvalue weighted by molar-refractivity contribution is -0.116. The van der Waals surface area contributed by atoms with E-state index in [1.54, 1.807) is 14.2 Å². The van der Waals surface area contributed by atoms with Gasteiger partial charge in [0.25, 0.3) is 0 Å². The van der Waals surface area contributed by atoms with Gasteiger partial charge in [0.1, 0.15) is 5.75 Å². The number of hydrogen-bond acceptors (Lipinski definition) is 6. The van der Waals surface area contributed by atoms with Crippen molar-refractivity contribution in [1.29, 1.82) is 0 Å². The molecule has 0 saturated carbocycles. The monoisotopic (exact) mass is 548 g/mol. The van der Waals surface area contributed by atoms with Gasteiger partial charge in [-0.25, -0.2) is 0 Å². The van der Waals surface area contributed by atoms with E-state index in [0.717, 1.165) is 50.4 Å². The molecule has 2 atom stereocenters. The number of nitrogens with one attached hydrogen (secondary N) is 2. The highest BCUT2D eigenvalue weighted by Gasteiger charge is 2.37. The van der Waals surface area contributed by atoms with Crippen LogP contribution in [0.4, 0.5) is 11.4 Å². The number of ether oxygens (including phenoxy) is 3. The molecule has 0 amide bonds. The minimum Gasteiger partial charge on any atom is -0.494 e. The molecular weight excluding hydrogens is 520 g/mol. The zero-order valence-electron chi connectivity index (χ0n) is 20.6. The molecule has 0 saturated heterocycles. The summed E-state index contributed by atoms with van der Waals surface area (Å²) in [6.45, 7) is 2.60. The van der Waals surface area contributed by atoms with E-state index in [1.807, 2.05) is 55.5 Å². The molecule has 186 valence electrons. The van der Waals surface area contributed by atoms with Gasteiger partial charge >= 0.3 is 0 Å². The van der Waals surface area contributed by atoms with Crippen LogP contribution in [0.3, 0.4) is 0 Å². The second-order valence-electron chi connectivity index (χ2n) is 8.90. The lowest BCUT2D eigenvalue weighted by Gasteiger charge is -2.30. The standard InChI is InChI=1S/C29H29BrN2O4/c1-4-36-19-11-9-17(10-12-19)18-13-24-28(25(33)14-18)29(32-23-8-6-5-7-22(23)31-24)20-15-26(34-2)27(35-3)16-21(20)30/h5-12,15-16,18,29,31-32H,4,13-14H2,1-3H3. The Balaban J connectivity index is 1.59. The fraction of sp³-hybridized carbons (Fsp3) is 0.276. The van der Waals surface area contributed by atoms with Gasteiger partial charge in [0, 0.05) is 22.2 Å². The smallest absolute Gasteiger partial charge is 0.163 e. The van der Waals surface area contributed by atoms with Gasteiger partial charge in [0.2, 0.25) is 0 Å². The SMILES string of the molecule is CCOc1ccc(C2CC(=O)C3=C(C2)Nc2ccccc2NC3c2cc(OC)c(OC)cc2Br)cc1. The molecular formula is C29H29BrN2O4. The predicted molar refractivity (Wildman–Crippen MR) is 145 cm³/mol. The molecule has 0 aromatic heterocycles. The molecule has 2 unspecified atom stereocenters. The van der Waals surface area contributed by atoms with E-state index < -0.39 is 0 Å². The van der Waals surface area contributed by atoms with Crippen molar-refractivity contribution in [2.24, 2.45) is 0 Å². The number of anilines is 2. The van der Waals surface area contributed by atoms with Crippen molar-refractivity contribution in [3.05, 3.63) is 87.5 Å². The lowest BCUT2D eigenvalue weighted by atomic mass is 9.78. The van der Waals surface area contributed by atoms with E-state index in [1.165, 1.54) is 0 Å². The van der Waals surface area contributed by atoms with E-state index in [0.29, 0.717) is 24.5 Å². The number of halogens is 1. The number of para-hydroxylation sites is 2. The van der Waals surface area contributed by atoms with Gasteiger partial charge in [0.05, 0.1) is 38.2 Å². The van der Waals surface area contributed by atoms with Crippen LogP contribution in [0.25, 0.3) is 0 Å². The van der Waals surface area contributed by atoms with E-state index in [4.69, 9.17) is 14.2 Å². The van der Waals surface area contributed by atoms with Gasteiger partial charge < -0.3 is 24.8 Å². The zero-order chi connectivity index (χ0) is 25.2. The number of benzene rings is 3. The highest BCUT2D eigenvalue weighted by molar-refractivity contribution is 9.10. The minimum absolute atomic E-state index is 0.0826. The van der Waals surface area contributed by atoms with Gasteiger partial charge in [-0.3, -0.25) is 4.79 Å². The summed E-state index contributed by atoms with van der Waals surface area (Å²) >= 11 is 3.72. The normalized spacial score (nSPS) is 18.8. The summed E-state index contributed by atoms with van der Waals surface area (Å²) in [4.78, 5) is 13.8. The summed E-state index contributed by atoms with van der Waals surface area (Å²) in [6.07, 6.45) is 1.17. The van der Waals surface area contributed by atoms with Gasteiger partial charge in [0.15, 0.2) is 17.3 Å². The van der Waals surface area contributed by atoms with Gasteiger partial charge in [-0.05, 0) is 66.8 Å². The zero-order valence-corrected chi connectivity index (χ0v) is 22.1. The Morgan fingerprint density at radius 1 is 0.944 bits per heavy atom. The van der Waals surface area contributed by atoms with Crippen LogP contribution in [-0.2, 0) is 4.79 Å². The Bertz CT molecular complexity index is 1320. The first-order valence-corrected chi connectivity index (χ1v) is 12.8. The third-order valence-corrected chi connectivity index (χ3v) is 7.47. The molecule has 2 aliphatic rings. The van der Waals surface area contributed by atoms with Gasteiger partial charge in [-0.15, -0.1) is 0 Å². The molecule has 0 bridgehead atoms. The van der Waals surface area contributed by atoms with E-state index in [9.17, 15) is 4.79 Å². The maximum atomic E-state index is 13.8. The molecule has 3 aromatic carbocycles. The molecule has 1 heterocycles. The van der Waals surface area contributed by atoms with Gasteiger partial charge in [-0.2, -0.15) is 0 Å². The summed E-state index contributed by atoms with van der Waals surface area (Å²) in [5, 5.41) is 7.22. The highest BCUT2D eigenvalue weighted by Crippen LogP contribution is 2.47. The van der Waals surface area contributed by atoms with Crippen molar-refractivity contribution in [3.63, 3.8) is 0 Å². The summed E-state index contributed by atoms with van der Waals surface area (Å²) in [7, 11) is 3.23. The second-order valence-corrected chi connectivity index (χ2v) is 9.75. The molecule has 0 radical (unpaired) electrons. The molecule has 1 aliphatic carbocycles. The fourth-order valence-corrected chi connectivity index (χ4v) is 5.61. The minimum atomic E-state index is -0.362. The van der Waals surface area contributed by atoms with Crippen molar-refractivity contribution in [1.82, 2.24) is 0 Å². The Morgan fingerprint density at radius 3 is 2.33 bits per heavy atom. The molecule has 0 fully saturated rings. The Hall–Kier alpha value is -3.45. The number of hydrogen-bond donors (Lipinski definition) is 2. The number of Topliss-reactive ketones (excluding diaryl/α,β-unsaturated/α-hetero) is 1. The summed E-state index contributed by atoms with van der Waals surface area (Å²) in [5.74, 6) is 2.28. The number of fused-ring (bicyclic) bond motifs is 1. The summed E-state index contributed by atoms with van der Waals surface area (Å²) < 4.78 is 17.5. The van der Waals surface area contributed by atoms with Crippen LogP contribution in [0, 0.1) is 0 Å². The van der Waals surface area contributed by atoms with E-state index in [-0.39, 0.29) is 17.7 Å². The van der Waals surface area contributed by atoms with Crippen molar-refractivity contribution in [2.75, 3.05) is 31.5 Å². The van der Waals surface area contributed by atoms with Crippen LogP contribution in [0.15, 0.2) is 76.4 Å². The number of ketones is 1. The molecule has 0 spiro atoms. The molecule has 1 aliphatic heterocycles. The Morgan fingerprint density at radius 2 is 1.64 bits per heavy atom. The van der Waals surface area contributed by atoms with E-state index >= 15 is 0 Å². The van der Waals surface area contributed by atoms with Crippen molar-refractivity contribution >= 4 is 33.1 Å². The number of carbonyl (C=O) groups is 1. The van der Waals surface area contributed by atoms with Crippen molar-refractivity contribution in [3.8, 4) is 17.2 Å². The lowest BCUT2D eigenvalue weighted by Crippen LogP contribution is -2.27. The largest absolute Gasteiger partial charge is 0.494 e. The van der Waals surface area contributed by atoms with Crippen LogP contribution >= 0.6 is 15.9 Å². The summed E-state index contributed by atoms with van der Waals surface area (Å²) in [5.41, 5.74) is 5.62. The van der Waals surface area contributed by atoms with Crippen LogP contribution in [-0.4, -0.2) is 26.6 Å². The Labute approximate surface area is 219 Å². The fourth-order valence-electron chi connectivity index (χ4n) is 5.06. The topological polar surface area (TPSA) is 68.8 Å². The molecule has 2 N–H and O–H groups in total. The molecule has 5 rings (SSSR count). The molecule has 6 nitrogen and oxygen atoms in total.